The molecule has 1 aromatic heterocycles. The number of thiocarbonyl (C=S) groups is 1. The molecule has 2 amide bonds. The summed E-state index contributed by atoms with van der Waals surface area (Å²) in [5.74, 6) is -0.0975. The lowest BCUT2D eigenvalue weighted by molar-refractivity contribution is -0.132. The van der Waals surface area contributed by atoms with Gasteiger partial charge >= 0.3 is 0 Å². The minimum Gasteiger partial charge on any atom is -0.395 e. The van der Waals surface area contributed by atoms with Crippen LogP contribution in [0.2, 0.25) is 0 Å². The summed E-state index contributed by atoms with van der Waals surface area (Å²) in [6.45, 7) is 3.20. The minimum absolute atomic E-state index is 0.00822. The highest BCUT2D eigenvalue weighted by molar-refractivity contribution is 8.26. The van der Waals surface area contributed by atoms with E-state index in [4.69, 9.17) is 17.3 Å². The van der Waals surface area contributed by atoms with Crippen LogP contribution in [0.5, 0.6) is 0 Å². The number of hydrogen-bond acceptors (Lipinski definition) is 6. The first kappa shape index (κ1) is 19.1. The van der Waals surface area contributed by atoms with E-state index in [1.165, 1.54) is 11.8 Å². The highest BCUT2D eigenvalue weighted by Crippen LogP contribution is 2.33. The molecule has 1 fully saturated rings. The Labute approximate surface area is 155 Å². The number of nitrogens with zero attached hydrogens (tertiary/aromatic N) is 2. The van der Waals surface area contributed by atoms with Gasteiger partial charge in [-0.1, -0.05) is 30.0 Å². The molecule has 1 aliphatic heterocycles. The van der Waals surface area contributed by atoms with E-state index in [-0.39, 0.29) is 18.4 Å². The third-order valence-corrected chi connectivity index (χ3v) is 5.76. The average molecular weight is 385 g/mol. The second-order valence-electron chi connectivity index (χ2n) is 5.15. The van der Waals surface area contributed by atoms with Gasteiger partial charge in [0.25, 0.3) is 5.91 Å². The summed E-state index contributed by atoms with van der Waals surface area (Å²) in [4.78, 5) is 29.3. The lowest BCUT2D eigenvalue weighted by Crippen LogP contribution is -2.34. The van der Waals surface area contributed by atoms with E-state index in [0.717, 1.165) is 4.88 Å². The van der Waals surface area contributed by atoms with Crippen LogP contribution in [0.15, 0.2) is 22.4 Å². The standard InChI is InChI=1S/C16H20N2O3S3/c1-2-17(8-9-19)14(20)6-3-7-18-15(21)13(24-16(18)22)11-12-5-4-10-23-12/h4-5,10-11,19H,2-3,6-9H2,1H3/b13-11+. The molecule has 1 aliphatic rings. The van der Waals surface area contributed by atoms with E-state index in [1.807, 2.05) is 30.5 Å². The third-order valence-electron chi connectivity index (χ3n) is 3.57. The Morgan fingerprint density at radius 3 is 2.92 bits per heavy atom. The average Bonchev–Trinajstić information content (AvgIpc) is 3.16. The van der Waals surface area contributed by atoms with Crippen molar-refractivity contribution < 1.29 is 14.7 Å². The zero-order valence-corrected chi connectivity index (χ0v) is 15.9. The van der Waals surface area contributed by atoms with Crippen LogP contribution in [0.1, 0.15) is 24.6 Å². The SMILES string of the molecule is CCN(CCO)C(=O)CCCN1C(=O)/C(=C\c2cccs2)SC1=S. The number of aliphatic hydroxyl groups is 1. The van der Waals surface area contributed by atoms with E-state index < -0.39 is 0 Å². The van der Waals surface area contributed by atoms with Gasteiger partial charge in [0.2, 0.25) is 5.91 Å². The molecule has 0 aliphatic carbocycles. The maximum atomic E-state index is 12.4. The number of hydrogen-bond donors (Lipinski definition) is 1. The number of likely N-dealkylation sites (N-methyl/N-ethyl adjacent to an activating group) is 1. The van der Waals surface area contributed by atoms with Gasteiger partial charge in [-0.25, -0.2) is 0 Å². The summed E-state index contributed by atoms with van der Waals surface area (Å²) in [7, 11) is 0. The van der Waals surface area contributed by atoms with Crippen LogP contribution >= 0.6 is 35.3 Å². The zero-order chi connectivity index (χ0) is 17.5. The van der Waals surface area contributed by atoms with Crippen LogP contribution in [0.4, 0.5) is 0 Å². The minimum atomic E-state index is -0.0893. The number of thiophene rings is 1. The molecule has 5 nitrogen and oxygen atoms in total. The molecular formula is C16H20N2O3S3. The van der Waals surface area contributed by atoms with Crippen molar-refractivity contribution in [1.29, 1.82) is 0 Å². The lowest BCUT2D eigenvalue weighted by Gasteiger charge is -2.20. The van der Waals surface area contributed by atoms with E-state index >= 15 is 0 Å². The number of thioether (sulfide) groups is 1. The highest BCUT2D eigenvalue weighted by atomic mass is 32.2. The Kier molecular flexibility index (Phi) is 7.41. The van der Waals surface area contributed by atoms with Gasteiger partial charge in [-0.15, -0.1) is 11.3 Å². The summed E-state index contributed by atoms with van der Waals surface area (Å²) in [5.41, 5.74) is 0. The van der Waals surface area contributed by atoms with Gasteiger partial charge in [0.15, 0.2) is 0 Å². The molecule has 0 atom stereocenters. The predicted octanol–water partition coefficient (Wildman–Crippen LogP) is 2.57. The number of rotatable bonds is 8. The second-order valence-corrected chi connectivity index (χ2v) is 7.80. The van der Waals surface area contributed by atoms with Gasteiger partial charge < -0.3 is 10.0 Å². The Morgan fingerprint density at radius 2 is 2.29 bits per heavy atom. The molecule has 8 heteroatoms. The maximum absolute atomic E-state index is 12.4. The van der Waals surface area contributed by atoms with Crippen LogP contribution in [0.25, 0.3) is 6.08 Å². The van der Waals surface area contributed by atoms with Crippen LogP contribution < -0.4 is 0 Å². The molecule has 2 heterocycles. The predicted molar refractivity (Wildman–Crippen MR) is 103 cm³/mol. The molecule has 2 rings (SSSR count). The van der Waals surface area contributed by atoms with Gasteiger partial charge in [0.1, 0.15) is 4.32 Å². The van der Waals surface area contributed by atoms with E-state index in [9.17, 15) is 9.59 Å². The molecule has 1 saturated heterocycles. The lowest BCUT2D eigenvalue weighted by atomic mass is 10.2. The summed E-state index contributed by atoms with van der Waals surface area (Å²) in [5, 5.41) is 10.9. The first-order valence-electron chi connectivity index (χ1n) is 7.74. The second kappa shape index (κ2) is 9.31. The summed E-state index contributed by atoms with van der Waals surface area (Å²) < 4.78 is 0.540. The molecule has 0 spiro atoms. The molecule has 130 valence electrons. The molecule has 1 aromatic rings. The Morgan fingerprint density at radius 1 is 1.50 bits per heavy atom. The first-order chi connectivity index (χ1) is 11.6. The van der Waals surface area contributed by atoms with E-state index in [0.29, 0.717) is 41.7 Å². The van der Waals surface area contributed by atoms with E-state index in [2.05, 4.69) is 0 Å². The summed E-state index contributed by atoms with van der Waals surface area (Å²) in [6.07, 6.45) is 2.75. The first-order valence-corrected chi connectivity index (χ1v) is 9.84. The van der Waals surface area contributed by atoms with Crippen molar-refractivity contribution in [2.75, 3.05) is 26.2 Å². The van der Waals surface area contributed by atoms with Crippen molar-refractivity contribution >= 4 is 57.5 Å². The molecule has 0 unspecified atom stereocenters. The maximum Gasteiger partial charge on any atom is 0.266 e. The third kappa shape index (κ3) is 4.89. The van der Waals surface area contributed by atoms with Crippen LogP contribution in [-0.2, 0) is 9.59 Å². The molecule has 0 aromatic carbocycles. The molecule has 24 heavy (non-hydrogen) atoms. The van der Waals surface area contributed by atoms with Crippen molar-refractivity contribution in [3.8, 4) is 0 Å². The Hall–Kier alpha value is -1.22. The fourth-order valence-corrected chi connectivity index (χ4v) is 4.35. The molecule has 0 saturated carbocycles. The van der Waals surface area contributed by atoms with Crippen LogP contribution in [0, 0.1) is 0 Å². The molecule has 0 radical (unpaired) electrons. The van der Waals surface area contributed by atoms with Crippen molar-refractivity contribution in [2.24, 2.45) is 0 Å². The van der Waals surface area contributed by atoms with Crippen LogP contribution in [0.3, 0.4) is 0 Å². The Balaban J connectivity index is 1.88. The van der Waals surface area contributed by atoms with Crippen molar-refractivity contribution in [3.63, 3.8) is 0 Å². The molecular weight excluding hydrogens is 364 g/mol. The Bertz CT molecular complexity index is 629. The smallest absolute Gasteiger partial charge is 0.266 e. The zero-order valence-electron chi connectivity index (χ0n) is 13.4. The van der Waals surface area contributed by atoms with Gasteiger partial charge in [0.05, 0.1) is 11.5 Å². The van der Waals surface area contributed by atoms with Crippen LogP contribution in [-0.4, -0.2) is 57.3 Å². The van der Waals surface area contributed by atoms with Crippen molar-refractivity contribution in [2.45, 2.75) is 19.8 Å². The topological polar surface area (TPSA) is 60.9 Å². The summed E-state index contributed by atoms with van der Waals surface area (Å²) >= 11 is 8.16. The monoisotopic (exact) mass is 384 g/mol. The van der Waals surface area contributed by atoms with Gasteiger partial charge in [-0.3, -0.25) is 14.5 Å². The normalized spacial score (nSPS) is 16.2. The number of carbonyl (C=O) groups excluding carboxylic acids is 2. The largest absolute Gasteiger partial charge is 0.395 e. The van der Waals surface area contributed by atoms with Gasteiger partial charge in [-0.05, 0) is 30.9 Å². The molecule has 1 N–H and O–H groups in total. The van der Waals surface area contributed by atoms with Gasteiger partial charge in [-0.2, -0.15) is 0 Å². The van der Waals surface area contributed by atoms with Crippen molar-refractivity contribution in [3.05, 3.63) is 27.3 Å². The fourth-order valence-electron chi connectivity index (χ4n) is 2.32. The van der Waals surface area contributed by atoms with Gasteiger partial charge in [0, 0.05) is 30.9 Å². The number of aliphatic hydroxyl groups excluding tert-OH is 1. The number of carbonyl (C=O) groups is 2. The molecule has 0 bridgehead atoms. The summed E-state index contributed by atoms with van der Waals surface area (Å²) in [6, 6.07) is 3.89. The number of amides is 2. The van der Waals surface area contributed by atoms with Crippen molar-refractivity contribution in [1.82, 2.24) is 9.80 Å². The fraction of sp³-hybridized carbons (Fsp3) is 0.438. The van der Waals surface area contributed by atoms with E-state index in [1.54, 1.807) is 21.1 Å². The quantitative estimate of drug-likeness (QED) is 0.551. The highest BCUT2D eigenvalue weighted by Gasteiger charge is 2.31.